The van der Waals surface area contributed by atoms with Crippen LogP contribution in [0.15, 0.2) is 35.2 Å². The van der Waals surface area contributed by atoms with Gasteiger partial charge in [-0.05, 0) is 26.2 Å². The summed E-state index contributed by atoms with van der Waals surface area (Å²) in [5.74, 6) is -2.03. The van der Waals surface area contributed by atoms with Crippen LogP contribution in [0.1, 0.15) is 32.5 Å². The molecule has 1 unspecified atom stereocenters. The van der Waals surface area contributed by atoms with Crippen LogP contribution in [-0.4, -0.2) is 46.8 Å². The molecule has 23 heavy (non-hydrogen) atoms. The lowest BCUT2D eigenvalue weighted by Crippen LogP contribution is -2.38. The minimum absolute atomic E-state index is 0.223. The minimum Gasteiger partial charge on any atom is -0.327 e. The van der Waals surface area contributed by atoms with E-state index in [0.29, 0.717) is 10.8 Å². The molecule has 2 aromatic rings. The Morgan fingerprint density at radius 1 is 1.22 bits per heavy atom. The van der Waals surface area contributed by atoms with Crippen molar-refractivity contribution in [2.45, 2.75) is 6.04 Å². The summed E-state index contributed by atoms with van der Waals surface area (Å²) in [6.45, 7) is 0. The Hall–Kier alpha value is -2.58. The number of benzene rings is 1. The van der Waals surface area contributed by atoms with E-state index >= 15 is 0 Å². The average molecular weight is 331 g/mol. The van der Waals surface area contributed by atoms with Gasteiger partial charge in [-0.3, -0.25) is 14.5 Å². The number of hydrogen-bond acceptors (Lipinski definition) is 7. The molecule has 1 aromatic carbocycles. The van der Waals surface area contributed by atoms with Gasteiger partial charge >= 0.3 is 5.97 Å². The van der Waals surface area contributed by atoms with E-state index in [1.54, 1.807) is 42.0 Å². The highest BCUT2D eigenvalue weighted by Crippen LogP contribution is 2.25. The number of nitrogens with zero attached hydrogens (tertiary/aromatic N) is 3. The van der Waals surface area contributed by atoms with E-state index in [-0.39, 0.29) is 11.1 Å². The molecular formula is C15H13N3O4S. The van der Waals surface area contributed by atoms with Gasteiger partial charge in [0.25, 0.3) is 11.8 Å². The van der Waals surface area contributed by atoms with Crippen molar-refractivity contribution in [2.75, 3.05) is 14.1 Å². The van der Waals surface area contributed by atoms with Gasteiger partial charge in [0.1, 0.15) is 0 Å². The molecule has 0 saturated carbocycles. The zero-order chi connectivity index (χ0) is 16.6. The maximum Gasteiger partial charge on any atom is 0.356 e. The Morgan fingerprint density at radius 3 is 2.30 bits per heavy atom. The van der Waals surface area contributed by atoms with E-state index in [9.17, 15) is 14.4 Å². The molecule has 1 aromatic heterocycles. The van der Waals surface area contributed by atoms with Gasteiger partial charge in [-0.2, -0.15) is 0 Å². The van der Waals surface area contributed by atoms with Crippen molar-refractivity contribution >= 4 is 29.1 Å². The Kier molecular flexibility index (Phi) is 3.93. The van der Waals surface area contributed by atoms with Gasteiger partial charge in [-0.25, -0.2) is 9.78 Å². The molecule has 1 aliphatic heterocycles. The molecular weight excluding hydrogens is 318 g/mol. The SMILES string of the molecule is CN(C)C(C(=O)ON1C(=O)c2ccccc2C1=O)c1cscn1. The van der Waals surface area contributed by atoms with Crippen LogP contribution < -0.4 is 0 Å². The van der Waals surface area contributed by atoms with Crippen molar-refractivity contribution in [1.82, 2.24) is 14.9 Å². The van der Waals surface area contributed by atoms with Crippen LogP contribution in [0.5, 0.6) is 0 Å². The molecule has 2 amide bonds. The number of fused-ring (bicyclic) bond motifs is 1. The molecule has 0 spiro atoms. The molecule has 0 bridgehead atoms. The van der Waals surface area contributed by atoms with Crippen molar-refractivity contribution in [3.63, 3.8) is 0 Å². The summed E-state index contributed by atoms with van der Waals surface area (Å²) in [4.78, 5) is 47.7. The Bertz CT molecular complexity index is 738. The zero-order valence-electron chi connectivity index (χ0n) is 12.4. The molecule has 0 saturated heterocycles. The monoisotopic (exact) mass is 331 g/mol. The average Bonchev–Trinajstić information content (AvgIpc) is 3.11. The fraction of sp³-hybridized carbons (Fsp3) is 0.200. The zero-order valence-corrected chi connectivity index (χ0v) is 13.2. The maximum absolute atomic E-state index is 12.4. The fourth-order valence-electron chi connectivity index (χ4n) is 2.34. The van der Waals surface area contributed by atoms with Crippen LogP contribution in [0.2, 0.25) is 0 Å². The van der Waals surface area contributed by atoms with Crippen molar-refractivity contribution in [3.8, 4) is 0 Å². The van der Waals surface area contributed by atoms with Gasteiger partial charge in [-0.15, -0.1) is 11.3 Å². The van der Waals surface area contributed by atoms with Crippen LogP contribution >= 0.6 is 11.3 Å². The Balaban J connectivity index is 1.84. The largest absolute Gasteiger partial charge is 0.356 e. The molecule has 0 N–H and O–H groups in total. The van der Waals surface area contributed by atoms with Crippen molar-refractivity contribution in [3.05, 3.63) is 52.0 Å². The second-order valence-corrected chi connectivity index (χ2v) is 5.86. The van der Waals surface area contributed by atoms with Gasteiger partial charge in [0.15, 0.2) is 6.04 Å². The molecule has 0 radical (unpaired) electrons. The van der Waals surface area contributed by atoms with Crippen molar-refractivity contribution in [1.29, 1.82) is 0 Å². The first-order chi connectivity index (χ1) is 11.0. The highest BCUT2D eigenvalue weighted by atomic mass is 32.1. The standard InChI is InChI=1S/C15H13N3O4S/c1-17(2)12(11-7-23-8-16-11)15(21)22-18-13(19)9-5-3-4-6-10(9)14(18)20/h3-8,12H,1-2H3. The van der Waals surface area contributed by atoms with Gasteiger partial charge in [0.2, 0.25) is 0 Å². The van der Waals surface area contributed by atoms with Gasteiger partial charge in [0, 0.05) is 5.38 Å². The van der Waals surface area contributed by atoms with E-state index < -0.39 is 23.8 Å². The lowest BCUT2D eigenvalue weighted by atomic mass is 10.1. The number of aromatic nitrogens is 1. The van der Waals surface area contributed by atoms with Gasteiger partial charge < -0.3 is 4.84 Å². The van der Waals surface area contributed by atoms with E-state index in [1.807, 2.05) is 0 Å². The summed E-state index contributed by atoms with van der Waals surface area (Å²) >= 11 is 1.34. The van der Waals surface area contributed by atoms with Crippen LogP contribution in [0, 0.1) is 0 Å². The van der Waals surface area contributed by atoms with Crippen LogP contribution in [-0.2, 0) is 9.63 Å². The molecule has 3 rings (SSSR count). The fourth-order valence-corrected chi connectivity index (χ4v) is 2.92. The van der Waals surface area contributed by atoms with E-state index in [2.05, 4.69) is 4.98 Å². The molecule has 8 heteroatoms. The van der Waals surface area contributed by atoms with Gasteiger partial charge in [-0.1, -0.05) is 17.2 Å². The van der Waals surface area contributed by atoms with E-state index in [1.165, 1.54) is 23.5 Å². The number of thiazole rings is 1. The number of amides is 2. The third-order valence-electron chi connectivity index (χ3n) is 3.41. The summed E-state index contributed by atoms with van der Waals surface area (Å²) in [5, 5.41) is 2.23. The molecule has 118 valence electrons. The predicted molar refractivity (Wildman–Crippen MR) is 81.6 cm³/mol. The van der Waals surface area contributed by atoms with Crippen LogP contribution in [0.4, 0.5) is 0 Å². The smallest absolute Gasteiger partial charge is 0.327 e. The minimum atomic E-state index is -0.800. The maximum atomic E-state index is 12.4. The summed E-state index contributed by atoms with van der Waals surface area (Å²) in [5.41, 5.74) is 2.54. The number of likely N-dealkylation sites (N-methyl/N-ethyl adjacent to an activating group) is 1. The van der Waals surface area contributed by atoms with Gasteiger partial charge in [0.05, 0.1) is 22.3 Å². The first kappa shape index (κ1) is 15.3. The van der Waals surface area contributed by atoms with E-state index in [0.717, 1.165) is 0 Å². The number of hydroxylamine groups is 2. The first-order valence-electron chi connectivity index (χ1n) is 6.75. The second kappa shape index (κ2) is 5.90. The molecule has 0 fully saturated rings. The highest BCUT2D eigenvalue weighted by Gasteiger charge is 2.40. The summed E-state index contributed by atoms with van der Waals surface area (Å²) < 4.78 is 0. The molecule has 1 aliphatic rings. The number of imide groups is 1. The summed E-state index contributed by atoms with van der Waals surface area (Å²) in [6.07, 6.45) is 0. The lowest BCUT2D eigenvalue weighted by Gasteiger charge is -2.22. The molecule has 1 atom stereocenters. The summed E-state index contributed by atoms with van der Waals surface area (Å²) in [6, 6.07) is 5.53. The van der Waals surface area contributed by atoms with Crippen LogP contribution in [0.25, 0.3) is 0 Å². The Morgan fingerprint density at radius 2 is 1.83 bits per heavy atom. The lowest BCUT2D eigenvalue weighted by molar-refractivity contribution is -0.174. The molecule has 2 heterocycles. The van der Waals surface area contributed by atoms with Crippen molar-refractivity contribution < 1.29 is 19.2 Å². The first-order valence-corrected chi connectivity index (χ1v) is 7.69. The third-order valence-corrected chi connectivity index (χ3v) is 4.01. The number of carbonyl (C=O) groups is 3. The second-order valence-electron chi connectivity index (χ2n) is 5.14. The van der Waals surface area contributed by atoms with Crippen molar-refractivity contribution in [2.24, 2.45) is 0 Å². The Labute approximate surface area is 136 Å². The third kappa shape index (κ3) is 2.62. The predicted octanol–water partition coefficient (Wildman–Crippen LogP) is 1.50. The molecule has 7 nitrogen and oxygen atoms in total. The topological polar surface area (TPSA) is 79.8 Å². The summed E-state index contributed by atoms with van der Waals surface area (Å²) in [7, 11) is 3.38. The van der Waals surface area contributed by atoms with Crippen LogP contribution in [0.3, 0.4) is 0 Å². The molecule has 0 aliphatic carbocycles. The number of carbonyl (C=O) groups excluding carboxylic acids is 3. The highest BCUT2D eigenvalue weighted by molar-refractivity contribution is 7.07. The van der Waals surface area contributed by atoms with E-state index in [4.69, 9.17) is 4.84 Å². The normalized spacial score (nSPS) is 15.0. The number of rotatable bonds is 4. The number of hydrogen-bond donors (Lipinski definition) is 0. The quantitative estimate of drug-likeness (QED) is 0.790.